The van der Waals surface area contributed by atoms with E-state index >= 15 is 0 Å². The van der Waals surface area contributed by atoms with Gasteiger partial charge in [-0.2, -0.15) is 0 Å². The van der Waals surface area contributed by atoms with E-state index < -0.39 is 0 Å². The van der Waals surface area contributed by atoms with E-state index in [2.05, 4.69) is 33.4 Å². The van der Waals surface area contributed by atoms with Gasteiger partial charge in [-0.15, -0.1) is 6.58 Å². The zero-order valence-electron chi connectivity index (χ0n) is 13.7. The molecule has 0 aromatic heterocycles. The summed E-state index contributed by atoms with van der Waals surface area (Å²) in [7, 11) is 0. The van der Waals surface area contributed by atoms with Crippen molar-refractivity contribution in [3.63, 3.8) is 0 Å². The summed E-state index contributed by atoms with van der Waals surface area (Å²) in [5.41, 5.74) is 0.326. The third kappa shape index (κ3) is 6.63. The van der Waals surface area contributed by atoms with E-state index in [9.17, 15) is 0 Å². The summed E-state index contributed by atoms with van der Waals surface area (Å²) >= 11 is 0. The monoisotopic (exact) mass is 264 g/mol. The van der Waals surface area contributed by atoms with Crippen molar-refractivity contribution in [3.8, 4) is 0 Å². The summed E-state index contributed by atoms with van der Waals surface area (Å²) in [5.74, 6) is 1.96. The Labute approximate surface area is 122 Å². The van der Waals surface area contributed by atoms with Gasteiger partial charge in [0.05, 0.1) is 0 Å². The minimum atomic E-state index is 0.326. The van der Waals surface area contributed by atoms with Crippen molar-refractivity contribution in [2.24, 2.45) is 17.3 Å². The third-order valence-corrected chi connectivity index (χ3v) is 5.09. The maximum absolute atomic E-state index is 4.04. The Hall–Kier alpha value is -0.260. The molecular formula is C19H36. The number of allylic oxidation sites excluding steroid dienone is 1. The van der Waals surface area contributed by atoms with Crippen LogP contribution in [0.2, 0.25) is 0 Å². The molecule has 19 heavy (non-hydrogen) atoms. The number of unbranched alkanes of at least 4 members (excludes halogenated alkanes) is 3. The summed E-state index contributed by atoms with van der Waals surface area (Å²) in [6, 6.07) is 0. The van der Waals surface area contributed by atoms with Gasteiger partial charge in [-0.1, -0.05) is 91.1 Å². The molecule has 0 nitrogen and oxygen atoms in total. The highest BCUT2D eigenvalue weighted by Crippen LogP contribution is 2.39. The highest BCUT2D eigenvalue weighted by Gasteiger charge is 2.27. The van der Waals surface area contributed by atoms with Crippen LogP contribution in [0.1, 0.15) is 91.4 Å². The lowest BCUT2D eigenvalue weighted by Gasteiger charge is -2.35. The Morgan fingerprint density at radius 3 is 2.37 bits per heavy atom. The van der Waals surface area contributed by atoms with Gasteiger partial charge in [0.2, 0.25) is 0 Å². The molecule has 1 fully saturated rings. The SMILES string of the molecule is C=CC(C)(C)CC(CCCCCC)C1CCCCC1. The van der Waals surface area contributed by atoms with Gasteiger partial charge in [-0.25, -0.2) is 0 Å². The molecule has 0 amide bonds. The number of hydrogen-bond donors (Lipinski definition) is 0. The van der Waals surface area contributed by atoms with Gasteiger partial charge in [-0.3, -0.25) is 0 Å². The zero-order valence-corrected chi connectivity index (χ0v) is 13.7. The first-order valence-corrected chi connectivity index (χ1v) is 8.72. The molecule has 1 atom stereocenters. The van der Waals surface area contributed by atoms with Gasteiger partial charge in [0.1, 0.15) is 0 Å². The smallest absolute Gasteiger partial charge is 0.0175 e. The highest BCUT2D eigenvalue weighted by atomic mass is 14.3. The van der Waals surface area contributed by atoms with Gasteiger partial charge in [-0.05, 0) is 23.7 Å². The molecule has 0 N–H and O–H groups in total. The predicted octanol–water partition coefficient (Wildman–Crippen LogP) is 6.76. The van der Waals surface area contributed by atoms with E-state index in [0.29, 0.717) is 5.41 Å². The lowest BCUT2D eigenvalue weighted by atomic mass is 9.71. The fourth-order valence-electron chi connectivity index (χ4n) is 3.70. The molecule has 1 rings (SSSR count). The largest absolute Gasteiger partial charge is 0.103 e. The molecule has 0 saturated heterocycles. The molecule has 0 aromatic carbocycles. The van der Waals surface area contributed by atoms with Crippen LogP contribution in [0.25, 0.3) is 0 Å². The predicted molar refractivity (Wildman–Crippen MR) is 87.4 cm³/mol. The third-order valence-electron chi connectivity index (χ3n) is 5.09. The topological polar surface area (TPSA) is 0 Å². The van der Waals surface area contributed by atoms with Crippen LogP contribution in [-0.2, 0) is 0 Å². The van der Waals surface area contributed by atoms with Gasteiger partial charge in [0.25, 0.3) is 0 Å². The second-order valence-electron chi connectivity index (χ2n) is 7.40. The van der Waals surface area contributed by atoms with Crippen molar-refractivity contribution in [2.45, 2.75) is 91.4 Å². The van der Waals surface area contributed by atoms with E-state index in [0.717, 1.165) is 11.8 Å². The Morgan fingerprint density at radius 2 is 1.79 bits per heavy atom. The molecule has 0 spiro atoms. The second-order valence-corrected chi connectivity index (χ2v) is 7.40. The fourth-order valence-corrected chi connectivity index (χ4v) is 3.70. The van der Waals surface area contributed by atoms with E-state index in [1.807, 2.05) is 0 Å². The summed E-state index contributed by atoms with van der Waals surface area (Å²) in [4.78, 5) is 0. The van der Waals surface area contributed by atoms with E-state index in [1.165, 1.54) is 70.6 Å². The molecule has 1 aliphatic carbocycles. The molecule has 0 radical (unpaired) electrons. The van der Waals surface area contributed by atoms with Crippen LogP contribution in [0.3, 0.4) is 0 Å². The van der Waals surface area contributed by atoms with Crippen LogP contribution < -0.4 is 0 Å². The van der Waals surface area contributed by atoms with Crippen LogP contribution in [0, 0.1) is 17.3 Å². The van der Waals surface area contributed by atoms with Crippen LogP contribution >= 0.6 is 0 Å². The molecule has 112 valence electrons. The van der Waals surface area contributed by atoms with Crippen LogP contribution in [0.4, 0.5) is 0 Å². The summed E-state index contributed by atoms with van der Waals surface area (Å²) in [6.07, 6.45) is 18.1. The molecular weight excluding hydrogens is 228 g/mol. The average Bonchev–Trinajstić information content (AvgIpc) is 2.43. The molecule has 0 heteroatoms. The van der Waals surface area contributed by atoms with Crippen LogP contribution in [0.5, 0.6) is 0 Å². The zero-order chi connectivity index (χ0) is 14.1. The van der Waals surface area contributed by atoms with Crippen molar-refractivity contribution in [3.05, 3.63) is 12.7 Å². The second kappa shape index (κ2) is 8.82. The van der Waals surface area contributed by atoms with Gasteiger partial charge in [0.15, 0.2) is 0 Å². The lowest BCUT2D eigenvalue weighted by Crippen LogP contribution is -2.23. The Kier molecular flexibility index (Phi) is 7.80. The summed E-state index contributed by atoms with van der Waals surface area (Å²) in [5, 5.41) is 0. The van der Waals surface area contributed by atoms with Gasteiger partial charge < -0.3 is 0 Å². The Balaban J connectivity index is 2.48. The van der Waals surface area contributed by atoms with E-state index in [1.54, 1.807) is 0 Å². The first-order chi connectivity index (χ1) is 9.09. The fraction of sp³-hybridized carbons (Fsp3) is 0.895. The van der Waals surface area contributed by atoms with Crippen molar-refractivity contribution >= 4 is 0 Å². The van der Waals surface area contributed by atoms with Crippen LogP contribution in [-0.4, -0.2) is 0 Å². The van der Waals surface area contributed by atoms with Crippen molar-refractivity contribution in [1.29, 1.82) is 0 Å². The first-order valence-electron chi connectivity index (χ1n) is 8.72. The summed E-state index contributed by atoms with van der Waals surface area (Å²) < 4.78 is 0. The normalized spacial score (nSPS) is 19.3. The first kappa shape index (κ1) is 16.8. The standard InChI is InChI=1S/C19H36/c1-5-7-8-10-15-18(16-19(3,4)6-2)17-13-11-9-12-14-17/h6,17-18H,2,5,7-16H2,1,3-4H3. The maximum atomic E-state index is 4.04. The van der Waals surface area contributed by atoms with Crippen LogP contribution in [0.15, 0.2) is 12.7 Å². The molecule has 1 aliphatic rings. The molecule has 1 unspecified atom stereocenters. The van der Waals surface area contributed by atoms with Crippen molar-refractivity contribution < 1.29 is 0 Å². The molecule has 0 bridgehead atoms. The molecule has 0 aliphatic heterocycles. The van der Waals surface area contributed by atoms with Crippen molar-refractivity contribution in [1.82, 2.24) is 0 Å². The van der Waals surface area contributed by atoms with Gasteiger partial charge >= 0.3 is 0 Å². The quantitative estimate of drug-likeness (QED) is 0.319. The van der Waals surface area contributed by atoms with E-state index in [4.69, 9.17) is 0 Å². The minimum Gasteiger partial charge on any atom is -0.103 e. The Morgan fingerprint density at radius 1 is 1.11 bits per heavy atom. The Bertz CT molecular complexity index is 232. The highest BCUT2D eigenvalue weighted by molar-refractivity contribution is 4.90. The van der Waals surface area contributed by atoms with E-state index in [-0.39, 0.29) is 0 Å². The maximum Gasteiger partial charge on any atom is -0.0175 e. The molecule has 0 aromatic rings. The summed E-state index contributed by atoms with van der Waals surface area (Å²) in [6.45, 7) is 11.1. The molecule has 1 saturated carbocycles. The average molecular weight is 264 g/mol. The van der Waals surface area contributed by atoms with Gasteiger partial charge in [0, 0.05) is 0 Å². The number of hydrogen-bond acceptors (Lipinski definition) is 0. The minimum absolute atomic E-state index is 0.326. The van der Waals surface area contributed by atoms with Crippen molar-refractivity contribution in [2.75, 3.05) is 0 Å². The number of rotatable bonds is 9. The molecule has 0 heterocycles. The lowest BCUT2D eigenvalue weighted by molar-refractivity contribution is 0.181.